The summed E-state index contributed by atoms with van der Waals surface area (Å²) in [6.07, 6.45) is 3.05. The Morgan fingerprint density at radius 1 is 1.37 bits per heavy atom. The van der Waals surface area contributed by atoms with Gasteiger partial charge in [-0.2, -0.15) is 11.3 Å². The highest BCUT2D eigenvalue weighted by molar-refractivity contribution is 7.08. The van der Waals surface area contributed by atoms with Gasteiger partial charge in [-0.25, -0.2) is 0 Å². The molecule has 4 nitrogen and oxygen atoms in total. The van der Waals surface area contributed by atoms with Gasteiger partial charge < -0.3 is 0 Å². The molecule has 0 radical (unpaired) electrons. The van der Waals surface area contributed by atoms with Gasteiger partial charge in [0.05, 0.1) is 4.92 Å². The minimum absolute atomic E-state index is 0.0170. The van der Waals surface area contributed by atoms with E-state index in [1.165, 1.54) is 35.6 Å². The summed E-state index contributed by atoms with van der Waals surface area (Å²) in [5.74, 6) is -0.300. The average molecular weight is 294 g/mol. The molecule has 6 heteroatoms. The lowest BCUT2D eigenvalue weighted by molar-refractivity contribution is -0.384. The molecule has 0 saturated heterocycles. The van der Waals surface area contributed by atoms with Crippen molar-refractivity contribution in [3.63, 3.8) is 0 Å². The van der Waals surface area contributed by atoms with E-state index in [0.29, 0.717) is 0 Å². The van der Waals surface area contributed by atoms with Crippen LogP contribution in [-0.4, -0.2) is 10.7 Å². The van der Waals surface area contributed by atoms with Crippen LogP contribution in [0, 0.1) is 10.1 Å². The summed E-state index contributed by atoms with van der Waals surface area (Å²) in [6, 6.07) is 5.88. The Morgan fingerprint density at radius 2 is 2.16 bits per heavy atom. The molecule has 0 saturated carbocycles. The molecule has 0 fully saturated rings. The fraction of sp³-hybridized carbons (Fsp3) is 0. The minimum Gasteiger partial charge on any atom is -0.289 e. The largest absolute Gasteiger partial charge is 0.289 e. The van der Waals surface area contributed by atoms with Crippen LogP contribution in [0.15, 0.2) is 41.1 Å². The van der Waals surface area contributed by atoms with Crippen LogP contribution >= 0.6 is 22.9 Å². The van der Waals surface area contributed by atoms with Gasteiger partial charge in [0, 0.05) is 11.6 Å². The first kappa shape index (κ1) is 13.5. The van der Waals surface area contributed by atoms with Gasteiger partial charge in [0.25, 0.3) is 5.69 Å². The SMILES string of the molecule is O=C(/C=C/c1ccsc1)c1ccc(Cl)c([N+](=O)[O-])c1. The maximum atomic E-state index is 11.9. The second kappa shape index (κ2) is 5.77. The van der Waals surface area contributed by atoms with Crippen molar-refractivity contribution < 1.29 is 9.72 Å². The Morgan fingerprint density at radius 3 is 2.79 bits per heavy atom. The lowest BCUT2D eigenvalue weighted by atomic mass is 10.1. The highest BCUT2D eigenvalue weighted by atomic mass is 35.5. The Kier molecular flexibility index (Phi) is 4.09. The molecule has 0 spiro atoms. The lowest BCUT2D eigenvalue weighted by Gasteiger charge is -1.98. The van der Waals surface area contributed by atoms with Gasteiger partial charge in [-0.3, -0.25) is 14.9 Å². The molecule has 0 amide bonds. The number of hydrogen-bond donors (Lipinski definition) is 0. The normalized spacial score (nSPS) is 10.8. The molecular weight excluding hydrogens is 286 g/mol. The van der Waals surface area contributed by atoms with Crippen LogP contribution in [0.4, 0.5) is 5.69 Å². The number of nitro benzene ring substituents is 1. The van der Waals surface area contributed by atoms with Crippen LogP contribution in [0.1, 0.15) is 15.9 Å². The number of ketones is 1. The molecule has 19 heavy (non-hydrogen) atoms. The first-order valence-electron chi connectivity index (χ1n) is 5.26. The van der Waals surface area contributed by atoms with E-state index in [1.807, 2.05) is 16.8 Å². The van der Waals surface area contributed by atoms with Gasteiger partial charge in [0.15, 0.2) is 5.78 Å². The second-order valence-corrected chi connectivity index (χ2v) is 4.86. The van der Waals surface area contributed by atoms with Gasteiger partial charge >= 0.3 is 0 Å². The monoisotopic (exact) mass is 293 g/mol. The van der Waals surface area contributed by atoms with E-state index in [2.05, 4.69) is 0 Å². The van der Waals surface area contributed by atoms with Crippen molar-refractivity contribution in [2.45, 2.75) is 0 Å². The second-order valence-electron chi connectivity index (χ2n) is 3.68. The average Bonchev–Trinajstić information content (AvgIpc) is 2.89. The lowest BCUT2D eigenvalue weighted by Crippen LogP contribution is -1.97. The van der Waals surface area contributed by atoms with Crippen molar-refractivity contribution >= 4 is 40.5 Å². The molecule has 2 rings (SSSR count). The fourth-order valence-electron chi connectivity index (χ4n) is 1.44. The molecule has 0 unspecified atom stereocenters. The van der Waals surface area contributed by atoms with Crippen LogP contribution < -0.4 is 0 Å². The Bertz CT molecular complexity index is 650. The summed E-state index contributed by atoms with van der Waals surface area (Å²) < 4.78 is 0. The standard InChI is InChI=1S/C13H8ClNO3S/c14-11-3-2-10(7-12(11)15(17)18)13(16)4-1-9-5-6-19-8-9/h1-8H/b4-1+. The number of carbonyl (C=O) groups is 1. The van der Waals surface area contributed by atoms with E-state index >= 15 is 0 Å². The molecule has 1 aromatic heterocycles. The van der Waals surface area contributed by atoms with Gasteiger partial charge in [0.2, 0.25) is 0 Å². The zero-order chi connectivity index (χ0) is 13.8. The van der Waals surface area contributed by atoms with Gasteiger partial charge in [0.1, 0.15) is 5.02 Å². The zero-order valence-corrected chi connectivity index (χ0v) is 11.1. The summed E-state index contributed by atoms with van der Waals surface area (Å²) >= 11 is 7.21. The number of hydrogen-bond acceptors (Lipinski definition) is 4. The van der Waals surface area contributed by atoms with Gasteiger partial charge in [-0.15, -0.1) is 0 Å². The number of halogens is 1. The summed E-state index contributed by atoms with van der Waals surface area (Å²) in [5, 5.41) is 14.5. The predicted molar refractivity (Wildman–Crippen MR) is 75.8 cm³/mol. The van der Waals surface area contributed by atoms with E-state index in [0.717, 1.165) is 5.56 Å². The van der Waals surface area contributed by atoms with E-state index in [9.17, 15) is 14.9 Å². The van der Waals surface area contributed by atoms with Crippen molar-refractivity contribution in [3.8, 4) is 0 Å². The minimum atomic E-state index is -0.609. The van der Waals surface area contributed by atoms with Crippen molar-refractivity contribution in [1.29, 1.82) is 0 Å². The van der Waals surface area contributed by atoms with Crippen LogP contribution in [0.5, 0.6) is 0 Å². The van der Waals surface area contributed by atoms with Crippen LogP contribution in [0.2, 0.25) is 5.02 Å². The smallest absolute Gasteiger partial charge is 0.288 e. The molecule has 1 aromatic carbocycles. The summed E-state index contributed by atoms with van der Waals surface area (Å²) in [4.78, 5) is 22.0. The highest BCUT2D eigenvalue weighted by Crippen LogP contribution is 2.25. The van der Waals surface area contributed by atoms with Crippen molar-refractivity contribution in [2.24, 2.45) is 0 Å². The Hall–Kier alpha value is -1.98. The molecule has 1 heterocycles. The Labute approximate surface area is 118 Å². The molecule has 0 aliphatic carbocycles. The van der Waals surface area contributed by atoms with E-state index < -0.39 is 4.92 Å². The third-order valence-corrected chi connectivity index (χ3v) is 3.42. The molecule has 96 valence electrons. The number of allylic oxidation sites excluding steroid dienone is 1. The first-order chi connectivity index (χ1) is 9.08. The van der Waals surface area contributed by atoms with Crippen LogP contribution in [0.3, 0.4) is 0 Å². The maximum Gasteiger partial charge on any atom is 0.288 e. The van der Waals surface area contributed by atoms with Gasteiger partial charge in [-0.1, -0.05) is 17.7 Å². The fourth-order valence-corrected chi connectivity index (χ4v) is 2.26. The van der Waals surface area contributed by atoms with Crippen molar-refractivity contribution in [2.75, 3.05) is 0 Å². The zero-order valence-electron chi connectivity index (χ0n) is 9.58. The molecule has 0 bridgehead atoms. The number of rotatable bonds is 4. The number of benzene rings is 1. The first-order valence-corrected chi connectivity index (χ1v) is 6.58. The number of carbonyl (C=O) groups excluding carboxylic acids is 1. The molecule has 0 atom stereocenters. The van der Waals surface area contributed by atoms with Crippen molar-refractivity contribution in [3.05, 3.63) is 67.4 Å². The molecular formula is C13H8ClNO3S. The van der Waals surface area contributed by atoms with Crippen LogP contribution in [-0.2, 0) is 0 Å². The summed E-state index contributed by atoms with van der Waals surface area (Å²) in [6.45, 7) is 0. The number of thiophene rings is 1. The quantitative estimate of drug-likeness (QED) is 0.367. The number of nitro groups is 1. The number of nitrogens with zero attached hydrogens (tertiary/aromatic N) is 1. The topological polar surface area (TPSA) is 60.2 Å². The summed E-state index contributed by atoms with van der Waals surface area (Å²) in [5.41, 5.74) is 0.890. The summed E-state index contributed by atoms with van der Waals surface area (Å²) in [7, 11) is 0. The Balaban J connectivity index is 2.24. The molecule has 2 aromatic rings. The van der Waals surface area contributed by atoms with E-state index in [-0.39, 0.29) is 22.1 Å². The third kappa shape index (κ3) is 3.27. The maximum absolute atomic E-state index is 11.9. The highest BCUT2D eigenvalue weighted by Gasteiger charge is 2.14. The molecule has 0 aliphatic heterocycles. The molecule has 0 N–H and O–H groups in total. The van der Waals surface area contributed by atoms with E-state index in [1.54, 1.807) is 6.08 Å². The van der Waals surface area contributed by atoms with Gasteiger partial charge in [-0.05, 0) is 40.6 Å². The van der Waals surface area contributed by atoms with E-state index in [4.69, 9.17) is 11.6 Å². The third-order valence-electron chi connectivity index (χ3n) is 2.40. The van der Waals surface area contributed by atoms with Crippen LogP contribution in [0.25, 0.3) is 6.08 Å². The molecule has 0 aliphatic rings. The van der Waals surface area contributed by atoms with Crippen molar-refractivity contribution in [1.82, 2.24) is 0 Å². The predicted octanol–water partition coefficient (Wildman–Crippen LogP) is 4.21.